The summed E-state index contributed by atoms with van der Waals surface area (Å²) in [7, 11) is -0.383. The first-order chi connectivity index (χ1) is 7.08. The first-order valence-corrected chi connectivity index (χ1v) is 8.54. The monoisotopic (exact) mass is 226 g/mol. The van der Waals surface area contributed by atoms with E-state index in [0.29, 0.717) is 6.04 Å². The first-order valence-electron chi connectivity index (χ1n) is 5.62. The molecule has 1 unspecified atom stereocenters. The summed E-state index contributed by atoms with van der Waals surface area (Å²) in [5.74, 6) is -0.155. The fourth-order valence-electron chi connectivity index (χ4n) is 1.54. The Kier molecular flexibility index (Phi) is 7.15. The van der Waals surface area contributed by atoms with Crippen molar-refractivity contribution in [3.05, 3.63) is 0 Å². The molecule has 3 heteroatoms. The fraction of sp³-hybridized carbons (Fsp3) is 0.750. The molecule has 1 atom stereocenters. The standard InChI is InChI=1S/C12H22O2Si/c1-5-7-8-9-10-15(4,6-2)11-12(13)14-3/h2H,5,7-11H2,1,3-4H3. The van der Waals surface area contributed by atoms with E-state index in [1.165, 1.54) is 26.4 Å². The summed E-state index contributed by atoms with van der Waals surface area (Å²) in [6.45, 7) is 4.28. The van der Waals surface area contributed by atoms with Gasteiger partial charge in [0, 0.05) is 0 Å². The van der Waals surface area contributed by atoms with Gasteiger partial charge >= 0.3 is 5.97 Å². The van der Waals surface area contributed by atoms with Gasteiger partial charge < -0.3 is 4.74 Å². The van der Waals surface area contributed by atoms with Crippen LogP contribution >= 0.6 is 0 Å². The van der Waals surface area contributed by atoms with Crippen LogP contribution in [0, 0.1) is 12.0 Å². The molecule has 0 aromatic rings. The van der Waals surface area contributed by atoms with E-state index in [-0.39, 0.29) is 5.97 Å². The molecule has 0 N–H and O–H groups in total. The van der Waals surface area contributed by atoms with Gasteiger partial charge in [0.05, 0.1) is 13.2 Å². The Morgan fingerprint density at radius 2 is 2.07 bits per heavy atom. The Hall–Kier alpha value is -0.753. The van der Waals surface area contributed by atoms with E-state index in [0.717, 1.165) is 12.5 Å². The molecule has 0 fully saturated rings. The molecular formula is C12H22O2Si. The molecule has 0 radical (unpaired) electrons. The van der Waals surface area contributed by atoms with Gasteiger partial charge in [-0.25, -0.2) is 0 Å². The van der Waals surface area contributed by atoms with Crippen molar-refractivity contribution in [2.45, 2.75) is 51.2 Å². The van der Waals surface area contributed by atoms with Crippen LogP contribution < -0.4 is 0 Å². The lowest BCUT2D eigenvalue weighted by Crippen LogP contribution is -2.31. The zero-order valence-electron chi connectivity index (χ0n) is 10.1. The summed E-state index contributed by atoms with van der Waals surface area (Å²) >= 11 is 0. The minimum absolute atomic E-state index is 0.155. The van der Waals surface area contributed by atoms with Crippen LogP contribution in [0.3, 0.4) is 0 Å². The Balaban J connectivity index is 3.98. The minimum Gasteiger partial charge on any atom is -0.469 e. The van der Waals surface area contributed by atoms with Crippen LogP contribution in [0.1, 0.15) is 32.6 Å². The molecule has 0 bridgehead atoms. The molecule has 86 valence electrons. The Bertz CT molecular complexity index is 232. The van der Waals surface area contributed by atoms with Crippen LogP contribution in [0.4, 0.5) is 0 Å². The largest absolute Gasteiger partial charge is 0.469 e. The maximum absolute atomic E-state index is 11.2. The number of esters is 1. The maximum Gasteiger partial charge on any atom is 0.303 e. The lowest BCUT2D eigenvalue weighted by Gasteiger charge is -2.19. The van der Waals surface area contributed by atoms with Gasteiger partial charge in [-0.3, -0.25) is 4.79 Å². The van der Waals surface area contributed by atoms with Crippen molar-refractivity contribution in [3.63, 3.8) is 0 Å². The van der Waals surface area contributed by atoms with Crippen LogP contribution in [0.15, 0.2) is 0 Å². The van der Waals surface area contributed by atoms with Crippen molar-refractivity contribution >= 4 is 14.0 Å². The number of hydrogen-bond acceptors (Lipinski definition) is 2. The molecule has 0 aromatic heterocycles. The topological polar surface area (TPSA) is 26.3 Å². The lowest BCUT2D eigenvalue weighted by molar-refractivity contribution is -0.138. The van der Waals surface area contributed by atoms with E-state index in [2.05, 4.69) is 23.8 Å². The maximum atomic E-state index is 11.2. The highest BCUT2D eigenvalue weighted by Gasteiger charge is 2.28. The molecule has 0 saturated heterocycles. The quantitative estimate of drug-likeness (QED) is 0.289. The van der Waals surface area contributed by atoms with Gasteiger partial charge in [0.1, 0.15) is 8.07 Å². The molecule has 0 aliphatic carbocycles. The molecule has 0 aromatic carbocycles. The Labute approximate surface area is 94.4 Å². The van der Waals surface area contributed by atoms with E-state index >= 15 is 0 Å². The van der Waals surface area contributed by atoms with Crippen molar-refractivity contribution in [1.29, 1.82) is 0 Å². The van der Waals surface area contributed by atoms with Gasteiger partial charge in [0.25, 0.3) is 0 Å². The molecule has 0 heterocycles. The normalized spacial score (nSPS) is 14.0. The Morgan fingerprint density at radius 1 is 1.40 bits per heavy atom. The SMILES string of the molecule is C#C[Si](C)(CCCCCC)CC(=O)OC. The second-order valence-electron chi connectivity index (χ2n) is 4.27. The predicted molar refractivity (Wildman–Crippen MR) is 66.2 cm³/mol. The third-order valence-electron chi connectivity index (χ3n) is 2.69. The minimum atomic E-state index is -1.80. The number of carbonyl (C=O) groups is 1. The second kappa shape index (κ2) is 7.53. The number of methoxy groups -OCH3 is 1. The zero-order valence-corrected chi connectivity index (χ0v) is 11.1. The van der Waals surface area contributed by atoms with Crippen LogP contribution in [-0.4, -0.2) is 21.2 Å². The summed E-state index contributed by atoms with van der Waals surface area (Å²) in [6, 6.07) is 1.50. The first kappa shape index (κ1) is 14.2. The van der Waals surface area contributed by atoms with Gasteiger partial charge in [-0.2, -0.15) is 0 Å². The highest BCUT2D eigenvalue weighted by molar-refractivity contribution is 6.88. The summed E-state index contributed by atoms with van der Waals surface area (Å²) < 4.78 is 4.68. The van der Waals surface area contributed by atoms with Gasteiger partial charge in [-0.15, -0.1) is 12.0 Å². The van der Waals surface area contributed by atoms with Crippen molar-refractivity contribution < 1.29 is 9.53 Å². The summed E-state index contributed by atoms with van der Waals surface area (Å²) in [5, 5.41) is 0. The highest BCUT2D eigenvalue weighted by atomic mass is 28.3. The van der Waals surface area contributed by atoms with Crippen LogP contribution in [0.25, 0.3) is 0 Å². The number of terminal acetylenes is 1. The molecule has 0 aliphatic rings. The lowest BCUT2D eigenvalue weighted by atomic mass is 10.2. The molecule has 15 heavy (non-hydrogen) atoms. The average Bonchev–Trinajstić information content (AvgIpc) is 2.24. The van der Waals surface area contributed by atoms with Gasteiger partial charge in [-0.1, -0.05) is 39.2 Å². The van der Waals surface area contributed by atoms with Crippen molar-refractivity contribution in [3.8, 4) is 12.0 Å². The predicted octanol–water partition coefficient (Wildman–Crippen LogP) is 2.99. The van der Waals surface area contributed by atoms with Gasteiger partial charge in [0.2, 0.25) is 0 Å². The highest BCUT2D eigenvalue weighted by Crippen LogP contribution is 2.19. The van der Waals surface area contributed by atoms with Gasteiger partial charge in [-0.05, 0) is 6.04 Å². The molecule has 2 nitrogen and oxygen atoms in total. The van der Waals surface area contributed by atoms with E-state index < -0.39 is 8.07 Å². The van der Waals surface area contributed by atoms with Crippen molar-refractivity contribution in [2.24, 2.45) is 0 Å². The van der Waals surface area contributed by atoms with E-state index in [9.17, 15) is 4.79 Å². The van der Waals surface area contributed by atoms with Crippen molar-refractivity contribution in [1.82, 2.24) is 0 Å². The van der Waals surface area contributed by atoms with Gasteiger partial charge in [0.15, 0.2) is 0 Å². The van der Waals surface area contributed by atoms with E-state index in [1.807, 2.05) is 0 Å². The molecule has 0 aliphatic heterocycles. The molecule has 0 rings (SSSR count). The molecular weight excluding hydrogens is 204 g/mol. The summed E-state index contributed by atoms with van der Waals surface area (Å²) in [6.07, 6.45) is 10.4. The van der Waals surface area contributed by atoms with Crippen LogP contribution in [-0.2, 0) is 9.53 Å². The number of hydrogen-bond donors (Lipinski definition) is 0. The van der Waals surface area contributed by atoms with E-state index in [1.54, 1.807) is 0 Å². The number of unbranched alkanes of at least 4 members (excludes halogenated alkanes) is 3. The average molecular weight is 226 g/mol. The Morgan fingerprint density at radius 3 is 2.53 bits per heavy atom. The summed E-state index contributed by atoms with van der Waals surface area (Å²) in [5.41, 5.74) is 2.86. The summed E-state index contributed by atoms with van der Waals surface area (Å²) in [4.78, 5) is 11.2. The number of carbonyl (C=O) groups excluding carboxylic acids is 1. The smallest absolute Gasteiger partial charge is 0.303 e. The molecule has 0 spiro atoms. The zero-order chi connectivity index (χ0) is 11.7. The van der Waals surface area contributed by atoms with Crippen LogP contribution in [0.2, 0.25) is 18.6 Å². The van der Waals surface area contributed by atoms with Crippen molar-refractivity contribution in [2.75, 3.05) is 7.11 Å². The number of ether oxygens (including phenoxy) is 1. The fourth-order valence-corrected chi connectivity index (χ4v) is 3.78. The number of rotatable bonds is 7. The second-order valence-corrected chi connectivity index (χ2v) is 8.53. The van der Waals surface area contributed by atoms with E-state index in [4.69, 9.17) is 6.42 Å². The van der Waals surface area contributed by atoms with Crippen LogP contribution in [0.5, 0.6) is 0 Å². The third kappa shape index (κ3) is 6.35. The third-order valence-corrected chi connectivity index (χ3v) is 5.92. The molecule has 0 amide bonds. The molecule has 0 saturated carbocycles.